The number of ether oxygens (including phenoxy) is 1. The molecule has 0 amide bonds. The second-order valence-corrected chi connectivity index (χ2v) is 2.86. The lowest BCUT2D eigenvalue weighted by molar-refractivity contribution is -0.834. The summed E-state index contributed by atoms with van der Waals surface area (Å²) < 4.78 is 4.73. The quantitative estimate of drug-likeness (QED) is 0.425. The largest absolute Gasteiger partial charge is 0.616 e. The van der Waals surface area contributed by atoms with Crippen LogP contribution < -0.4 is 4.74 Å². The van der Waals surface area contributed by atoms with Crippen LogP contribution in [-0.4, -0.2) is 15.7 Å². The Kier molecular flexibility index (Phi) is 2.84. The molecular formula is C8H8N2O5. The van der Waals surface area contributed by atoms with Crippen LogP contribution in [0.1, 0.15) is 6.92 Å². The summed E-state index contributed by atoms with van der Waals surface area (Å²) in [5.41, 5.74) is 0. The van der Waals surface area contributed by atoms with Crippen molar-refractivity contribution < 1.29 is 14.6 Å². The van der Waals surface area contributed by atoms with E-state index in [0.29, 0.717) is 0 Å². The fourth-order valence-electron chi connectivity index (χ4n) is 0.853. The van der Waals surface area contributed by atoms with Gasteiger partial charge in [-0.2, -0.15) is 0 Å². The molecule has 0 fully saturated rings. The molecule has 1 aromatic rings. The van der Waals surface area contributed by atoms with Crippen molar-refractivity contribution in [1.82, 2.24) is 0 Å². The molecule has 1 rings (SSSR count). The summed E-state index contributed by atoms with van der Waals surface area (Å²) in [5.74, 6) is -2.57. The van der Waals surface area contributed by atoms with E-state index in [2.05, 4.69) is 0 Å². The molecule has 0 spiro atoms. The normalized spacial score (nSPS) is 10.7. The second kappa shape index (κ2) is 3.91. The van der Waals surface area contributed by atoms with Crippen LogP contribution in [-0.2, 0) is 0 Å². The standard InChI is InChI=1S/C8H8N2O5/c1-8(9(11)12,10(13)14)15-7-5-3-2-4-6-7/h2-6H,1H3. The molecule has 80 valence electrons. The average molecular weight is 212 g/mol. The third-order valence-electron chi connectivity index (χ3n) is 1.73. The summed E-state index contributed by atoms with van der Waals surface area (Å²) in [5, 5.41) is 21.0. The predicted molar refractivity (Wildman–Crippen MR) is 49.5 cm³/mol. The molecule has 0 unspecified atom stereocenters. The van der Waals surface area contributed by atoms with E-state index in [1.807, 2.05) is 0 Å². The van der Waals surface area contributed by atoms with E-state index >= 15 is 0 Å². The number of hydrogen-bond acceptors (Lipinski definition) is 5. The van der Waals surface area contributed by atoms with Gasteiger partial charge in [0.1, 0.15) is 22.5 Å². The van der Waals surface area contributed by atoms with Crippen molar-refractivity contribution in [3.63, 3.8) is 0 Å². The molecule has 0 saturated carbocycles. The minimum Gasteiger partial charge on any atom is -0.371 e. The first-order chi connectivity index (χ1) is 6.97. The van der Waals surface area contributed by atoms with Gasteiger partial charge in [-0.3, -0.25) is 20.2 Å². The van der Waals surface area contributed by atoms with Crippen molar-refractivity contribution in [2.45, 2.75) is 12.8 Å². The van der Waals surface area contributed by atoms with E-state index in [9.17, 15) is 20.2 Å². The zero-order valence-corrected chi connectivity index (χ0v) is 7.82. The Bertz CT molecular complexity index is 364. The second-order valence-electron chi connectivity index (χ2n) is 2.86. The van der Waals surface area contributed by atoms with Gasteiger partial charge < -0.3 is 4.74 Å². The average Bonchev–Trinajstić information content (AvgIpc) is 2.18. The van der Waals surface area contributed by atoms with Crippen LogP contribution in [0.4, 0.5) is 0 Å². The fourth-order valence-corrected chi connectivity index (χ4v) is 0.853. The third-order valence-corrected chi connectivity index (χ3v) is 1.73. The summed E-state index contributed by atoms with van der Waals surface area (Å²) in [6.07, 6.45) is 0. The Hall–Kier alpha value is -2.18. The molecule has 0 radical (unpaired) electrons. The highest BCUT2D eigenvalue weighted by atomic mass is 16.8. The minimum absolute atomic E-state index is 0.0772. The van der Waals surface area contributed by atoms with Gasteiger partial charge in [-0.15, -0.1) is 0 Å². The smallest absolute Gasteiger partial charge is 0.371 e. The number of hydrogen-bond donors (Lipinski definition) is 0. The molecule has 0 aliphatic carbocycles. The molecular weight excluding hydrogens is 204 g/mol. The molecule has 0 bridgehead atoms. The molecule has 0 aromatic heterocycles. The first-order valence-electron chi connectivity index (χ1n) is 4.00. The summed E-state index contributed by atoms with van der Waals surface area (Å²) in [7, 11) is 0. The Morgan fingerprint density at radius 1 is 1.13 bits per heavy atom. The predicted octanol–water partition coefficient (Wildman–Crippen LogP) is 1.29. The highest BCUT2D eigenvalue weighted by molar-refractivity contribution is 5.21. The maximum atomic E-state index is 10.5. The number of rotatable bonds is 4. The molecule has 7 heteroatoms. The topological polar surface area (TPSA) is 95.5 Å². The molecule has 0 aliphatic heterocycles. The molecule has 15 heavy (non-hydrogen) atoms. The molecule has 1 aromatic carbocycles. The maximum absolute atomic E-state index is 10.5. The van der Waals surface area contributed by atoms with Crippen molar-refractivity contribution in [3.05, 3.63) is 50.6 Å². The number of benzene rings is 1. The van der Waals surface area contributed by atoms with Crippen molar-refractivity contribution >= 4 is 0 Å². The van der Waals surface area contributed by atoms with Gasteiger partial charge >= 0.3 is 5.85 Å². The lowest BCUT2D eigenvalue weighted by Gasteiger charge is -2.13. The Labute approximate surface area is 84.6 Å². The summed E-state index contributed by atoms with van der Waals surface area (Å²) >= 11 is 0. The van der Waals surface area contributed by atoms with Crippen molar-refractivity contribution in [1.29, 1.82) is 0 Å². The summed E-state index contributed by atoms with van der Waals surface area (Å²) in [6, 6.07) is 7.62. The molecule has 0 heterocycles. The Morgan fingerprint density at radius 3 is 2.00 bits per heavy atom. The van der Waals surface area contributed by atoms with Crippen LogP contribution in [0.2, 0.25) is 0 Å². The highest BCUT2D eigenvalue weighted by Crippen LogP contribution is 2.18. The van der Waals surface area contributed by atoms with Crippen molar-refractivity contribution in [2.75, 3.05) is 0 Å². The van der Waals surface area contributed by atoms with E-state index in [0.717, 1.165) is 6.92 Å². The minimum atomic E-state index is -2.65. The molecule has 0 atom stereocenters. The third kappa shape index (κ3) is 2.19. The number of para-hydroxylation sites is 1. The first-order valence-corrected chi connectivity index (χ1v) is 4.00. The van der Waals surface area contributed by atoms with E-state index in [1.54, 1.807) is 18.2 Å². The monoisotopic (exact) mass is 212 g/mol. The van der Waals surface area contributed by atoms with E-state index < -0.39 is 15.7 Å². The van der Waals surface area contributed by atoms with Gasteiger partial charge in [0.2, 0.25) is 0 Å². The van der Waals surface area contributed by atoms with Crippen LogP contribution in [0.3, 0.4) is 0 Å². The van der Waals surface area contributed by atoms with Gasteiger partial charge in [-0.05, 0) is 12.1 Å². The molecule has 0 N–H and O–H groups in total. The van der Waals surface area contributed by atoms with E-state index in [1.165, 1.54) is 12.1 Å². The zero-order chi connectivity index (χ0) is 11.5. The molecule has 0 aliphatic rings. The van der Waals surface area contributed by atoms with Gasteiger partial charge in [-0.25, -0.2) is 0 Å². The van der Waals surface area contributed by atoms with Gasteiger partial charge in [0.05, 0.1) is 0 Å². The molecule has 0 saturated heterocycles. The van der Waals surface area contributed by atoms with Crippen LogP contribution >= 0.6 is 0 Å². The van der Waals surface area contributed by atoms with Gasteiger partial charge in [-0.1, -0.05) is 18.2 Å². The number of nitrogens with zero attached hydrogens (tertiary/aromatic N) is 2. The number of nitro groups is 2. The van der Waals surface area contributed by atoms with Crippen molar-refractivity contribution in [3.8, 4) is 5.75 Å². The van der Waals surface area contributed by atoms with Crippen LogP contribution in [0, 0.1) is 20.2 Å². The fraction of sp³-hybridized carbons (Fsp3) is 0.250. The summed E-state index contributed by atoms with van der Waals surface area (Å²) in [6.45, 7) is 0.792. The SMILES string of the molecule is CC(Oc1ccccc1)([N+](=O)[O-])[N+](=O)[O-]. The van der Waals surface area contributed by atoms with Crippen molar-refractivity contribution in [2.24, 2.45) is 0 Å². The van der Waals surface area contributed by atoms with Crippen LogP contribution in [0.25, 0.3) is 0 Å². The Morgan fingerprint density at radius 2 is 1.60 bits per heavy atom. The Balaban J connectivity index is 2.95. The van der Waals surface area contributed by atoms with Gasteiger partial charge in [0, 0.05) is 0 Å². The lowest BCUT2D eigenvalue weighted by Crippen LogP contribution is -2.48. The first kappa shape index (κ1) is 10.9. The van der Waals surface area contributed by atoms with Gasteiger partial charge in [0.25, 0.3) is 0 Å². The van der Waals surface area contributed by atoms with Gasteiger partial charge in [0.15, 0.2) is 0 Å². The highest BCUT2D eigenvalue weighted by Gasteiger charge is 2.54. The zero-order valence-electron chi connectivity index (χ0n) is 7.82. The van der Waals surface area contributed by atoms with E-state index in [-0.39, 0.29) is 5.75 Å². The summed E-state index contributed by atoms with van der Waals surface area (Å²) in [4.78, 5) is 18.8. The van der Waals surface area contributed by atoms with E-state index in [4.69, 9.17) is 4.74 Å². The van der Waals surface area contributed by atoms with Crippen LogP contribution in [0.15, 0.2) is 30.3 Å². The molecule has 7 nitrogen and oxygen atoms in total. The maximum Gasteiger partial charge on any atom is 0.616 e. The lowest BCUT2D eigenvalue weighted by atomic mass is 10.3. The van der Waals surface area contributed by atoms with Crippen LogP contribution in [0.5, 0.6) is 5.75 Å².